The van der Waals surface area contributed by atoms with Crippen LogP contribution in [0, 0.1) is 0 Å². The van der Waals surface area contributed by atoms with E-state index >= 15 is 0 Å². The molecule has 1 atom stereocenters. The maximum Gasteiger partial charge on any atom is 0.273 e. The number of fused-ring (bicyclic) bond motifs is 1. The van der Waals surface area contributed by atoms with E-state index in [9.17, 15) is 9.59 Å². The molecule has 0 saturated heterocycles. The Morgan fingerprint density at radius 2 is 1.92 bits per heavy atom. The van der Waals surface area contributed by atoms with Gasteiger partial charge in [-0.25, -0.2) is 0 Å². The Balaban J connectivity index is 1.50. The van der Waals surface area contributed by atoms with Crippen LogP contribution >= 0.6 is 0 Å². The molecule has 1 saturated carbocycles. The molecule has 1 aliphatic heterocycles. The Kier molecular flexibility index (Phi) is 6.47. The second kappa shape index (κ2) is 9.72. The molecular weight excluding hydrogens is 460 g/mol. The normalized spacial score (nSPS) is 20.2. The van der Waals surface area contributed by atoms with Crippen molar-refractivity contribution in [2.45, 2.75) is 63.7 Å². The summed E-state index contributed by atoms with van der Waals surface area (Å²) in [6.45, 7) is 2.24. The lowest BCUT2D eigenvalue weighted by Gasteiger charge is -2.43. The molecule has 3 aromatic rings. The molecule has 0 spiro atoms. The molecule has 0 unspecified atom stereocenters. The highest BCUT2D eigenvalue weighted by Crippen LogP contribution is 2.35. The second-order valence-corrected chi connectivity index (χ2v) is 9.70. The largest absolute Gasteiger partial charge is 0.493 e. The van der Waals surface area contributed by atoms with Crippen molar-refractivity contribution in [3.63, 3.8) is 0 Å². The lowest BCUT2D eigenvalue weighted by molar-refractivity contribution is -0.134. The number of amides is 2. The monoisotopic (exact) mass is 492 g/mol. The third-order valence-corrected chi connectivity index (χ3v) is 7.30. The summed E-state index contributed by atoms with van der Waals surface area (Å²) in [6.07, 6.45) is 6.91. The standard InChI is InChI=1S/C27H32N4O5/c1-27(26(33)28-19-8-5-4-6-9-19)17-31-22(25(32)30(27)16-20-10-7-13-36-20)15-21(29-31)18-11-12-23(34-2)24(14-18)35-3/h7,10-15,19H,4-6,8-9,16-17H2,1-3H3,(H,28,33)/t27-/m0/s1. The molecule has 9 nitrogen and oxygen atoms in total. The zero-order valence-corrected chi connectivity index (χ0v) is 21.0. The minimum absolute atomic E-state index is 0.130. The van der Waals surface area contributed by atoms with Gasteiger partial charge in [-0.05, 0) is 56.2 Å². The van der Waals surface area contributed by atoms with Crippen LogP contribution in [0.2, 0.25) is 0 Å². The number of rotatable bonds is 7. The third kappa shape index (κ3) is 4.34. The highest BCUT2D eigenvalue weighted by molar-refractivity contribution is 6.00. The Bertz CT molecular complexity index is 1250. The highest BCUT2D eigenvalue weighted by atomic mass is 16.5. The van der Waals surface area contributed by atoms with Gasteiger partial charge in [0.25, 0.3) is 5.91 Å². The molecule has 2 amide bonds. The Labute approximate surface area is 210 Å². The molecule has 3 heterocycles. The van der Waals surface area contributed by atoms with E-state index in [-0.39, 0.29) is 30.9 Å². The molecular formula is C27H32N4O5. The number of carbonyl (C=O) groups excluding carboxylic acids is 2. The van der Waals surface area contributed by atoms with Gasteiger partial charge in [0.1, 0.15) is 17.0 Å². The quantitative estimate of drug-likeness (QED) is 0.535. The van der Waals surface area contributed by atoms with Gasteiger partial charge in [0, 0.05) is 11.6 Å². The lowest BCUT2D eigenvalue weighted by atomic mass is 9.91. The fraction of sp³-hybridized carbons (Fsp3) is 0.444. The summed E-state index contributed by atoms with van der Waals surface area (Å²) in [5.74, 6) is 1.37. The van der Waals surface area contributed by atoms with Crippen LogP contribution < -0.4 is 14.8 Å². The molecule has 5 rings (SSSR count). The highest BCUT2D eigenvalue weighted by Gasteiger charge is 2.48. The molecule has 0 radical (unpaired) electrons. The first kappa shape index (κ1) is 24.0. The van der Waals surface area contributed by atoms with E-state index in [1.165, 1.54) is 6.42 Å². The van der Waals surface area contributed by atoms with Gasteiger partial charge in [-0.15, -0.1) is 0 Å². The number of hydrogen-bond donors (Lipinski definition) is 1. The average Bonchev–Trinajstić information content (AvgIpc) is 3.57. The summed E-state index contributed by atoms with van der Waals surface area (Å²) in [5, 5.41) is 7.95. The van der Waals surface area contributed by atoms with Crippen molar-refractivity contribution < 1.29 is 23.5 Å². The summed E-state index contributed by atoms with van der Waals surface area (Å²) >= 11 is 0. The van der Waals surface area contributed by atoms with Crippen LogP contribution in [0.5, 0.6) is 11.5 Å². The fourth-order valence-electron chi connectivity index (χ4n) is 5.17. The number of methoxy groups -OCH3 is 2. The Morgan fingerprint density at radius 1 is 1.14 bits per heavy atom. The fourth-order valence-corrected chi connectivity index (χ4v) is 5.17. The predicted molar refractivity (Wildman–Crippen MR) is 133 cm³/mol. The van der Waals surface area contributed by atoms with Crippen molar-refractivity contribution in [1.82, 2.24) is 20.0 Å². The summed E-state index contributed by atoms with van der Waals surface area (Å²) in [6, 6.07) is 11.0. The van der Waals surface area contributed by atoms with Crippen molar-refractivity contribution in [2.24, 2.45) is 0 Å². The molecule has 36 heavy (non-hydrogen) atoms. The molecule has 0 bridgehead atoms. The Hall–Kier alpha value is -3.75. The van der Waals surface area contributed by atoms with Crippen molar-refractivity contribution in [3.05, 3.63) is 54.1 Å². The minimum Gasteiger partial charge on any atom is -0.493 e. The number of benzene rings is 1. The van der Waals surface area contributed by atoms with Crippen molar-refractivity contribution in [2.75, 3.05) is 14.2 Å². The number of ether oxygens (including phenoxy) is 2. The van der Waals surface area contributed by atoms with Crippen molar-refractivity contribution >= 4 is 11.8 Å². The topological polar surface area (TPSA) is 98.8 Å². The molecule has 9 heteroatoms. The van der Waals surface area contributed by atoms with E-state index in [2.05, 4.69) is 5.32 Å². The molecule has 1 fully saturated rings. The van der Waals surface area contributed by atoms with Gasteiger partial charge in [0.2, 0.25) is 5.91 Å². The van der Waals surface area contributed by atoms with Gasteiger partial charge < -0.3 is 24.1 Å². The maximum absolute atomic E-state index is 13.8. The van der Waals surface area contributed by atoms with Crippen LogP contribution in [0.4, 0.5) is 0 Å². The van der Waals surface area contributed by atoms with E-state index in [4.69, 9.17) is 19.0 Å². The predicted octanol–water partition coefficient (Wildman–Crippen LogP) is 4.02. The van der Waals surface area contributed by atoms with Gasteiger partial charge in [0.15, 0.2) is 11.5 Å². The van der Waals surface area contributed by atoms with Gasteiger partial charge >= 0.3 is 0 Å². The average molecular weight is 493 g/mol. The van der Waals surface area contributed by atoms with Gasteiger partial charge in [-0.1, -0.05) is 19.3 Å². The first-order valence-electron chi connectivity index (χ1n) is 12.4. The molecule has 190 valence electrons. The molecule has 2 aliphatic rings. The smallest absolute Gasteiger partial charge is 0.273 e. The maximum atomic E-state index is 13.8. The van der Waals surface area contributed by atoms with E-state index in [1.807, 2.05) is 25.1 Å². The van der Waals surface area contributed by atoms with Crippen molar-refractivity contribution in [1.29, 1.82) is 0 Å². The van der Waals surface area contributed by atoms with Gasteiger partial charge in [0.05, 0.1) is 39.3 Å². The number of hydrogen-bond acceptors (Lipinski definition) is 6. The lowest BCUT2D eigenvalue weighted by Crippen LogP contribution is -2.64. The molecule has 1 N–H and O–H groups in total. The van der Waals surface area contributed by atoms with Crippen molar-refractivity contribution in [3.8, 4) is 22.8 Å². The zero-order chi connectivity index (χ0) is 25.3. The third-order valence-electron chi connectivity index (χ3n) is 7.30. The SMILES string of the molecule is COc1ccc(-c2cc3n(n2)C[C@@](C)(C(=O)NC2CCCCC2)N(Cc2ccco2)C3=O)cc1OC. The van der Waals surface area contributed by atoms with Crippen LogP contribution in [0.1, 0.15) is 55.3 Å². The summed E-state index contributed by atoms with van der Waals surface area (Å²) in [4.78, 5) is 29.1. The van der Waals surface area contributed by atoms with Crippen LogP contribution in [0.3, 0.4) is 0 Å². The molecule has 1 aliphatic carbocycles. The van der Waals surface area contributed by atoms with E-state index in [1.54, 1.807) is 48.3 Å². The van der Waals surface area contributed by atoms with Crippen LogP contribution in [0.25, 0.3) is 11.3 Å². The number of nitrogens with one attached hydrogen (secondary N) is 1. The summed E-state index contributed by atoms with van der Waals surface area (Å²) < 4.78 is 18.0. The number of furan rings is 1. The van der Waals surface area contributed by atoms with Crippen LogP contribution in [-0.4, -0.2) is 52.3 Å². The zero-order valence-electron chi connectivity index (χ0n) is 21.0. The first-order valence-corrected chi connectivity index (χ1v) is 12.4. The molecule has 1 aromatic carbocycles. The van der Waals surface area contributed by atoms with E-state index < -0.39 is 5.54 Å². The Morgan fingerprint density at radius 3 is 2.61 bits per heavy atom. The van der Waals surface area contributed by atoms with Crippen LogP contribution in [0.15, 0.2) is 47.1 Å². The molecule has 2 aromatic heterocycles. The summed E-state index contributed by atoms with van der Waals surface area (Å²) in [7, 11) is 3.16. The van der Waals surface area contributed by atoms with Crippen LogP contribution in [-0.2, 0) is 17.9 Å². The van der Waals surface area contributed by atoms with E-state index in [0.29, 0.717) is 28.6 Å². The van der Waals surface area contributed by atoms with Gasteiger partial charge in [-0.2, -0.15) is 5.10 Å². The number of carbonyl (C=O) groups is 2. The first-order chi connectivity index (χ1) is 17.4. The second-order valence-electron chi connectivity index (χ2n) is 9.70. The number of nitrogens with zero attached hydrogens (tertiary/aromatic N) is 3. The number of aromatic nitrogens is 2. The van der Waals surface area contributed by atoms with Gasteiger partial charge in [-0.3, -0.25) is 14.3 Å². The van der Waals surface area contributed by atoms with E-state index in [0.717, 1.165) is 31.2 Å². The summed E-state index contributed by atoms with van der Waals surface area (Å²) in [5.41, 5.74) is 0.701. The minimum atomic E-state index is -1.13.